The molecule has 3 amide bonds. The first-order chi connectivity index (χ1) is 27.6. The van der Waals surface area contributed by atoms with Gasteiger partial charge in [-0.2, -0.15) is 5.11 Å². The van der Waals surface area contributed by atoms with Gasteiger partial charge in [0.25, 0.3) is 5.91 Å². The quantitative estimate of drug-likeness (QED) is 0.205. The third-order valence-electron chi connectivity index (χ3n) is 12.0. The molecule has 3 saturated heterocycles. The Labute approximate surface area is 344 Å². The van der Waals surface area contributed by atoms with Gasteiger partial charge in [-0.15, -0.1) is 5.10 Å². The Bertz CT molecular complexity index is 1970. The lowest BCUT2D eigenvalue weighted by Crippen LogP contribution is -2.59. The van der Waals surface area contributed by atoms with Crippen molar-refractivity contribution in [2.24, 2.45) is 15.4 Å². The SMILES string of the molecule is CCOC(=O)CN1CCN(C(=O)NC2(c3ccccc3)CCN(CCC3(c4ccc(Cl)c(Cl)c4)CCN(C(=O)c4cc(C5C=NN=N5)ccc4OC)C3)CC2)CC1. The van der Waals surface area contributed by atoms with Crippen LogP contribution in [0.5, 0.6) is 5.75 Å². The molecule has 4 heterocycles. The maximum atomic E-state index is 14.3. The molecule has 4 aliphatic rings. The number of ether oxygens (including phenoxy) is 2. The number of piperazine rings is 1. The van der Waals surface area contributed by atoms with E-state index in [1.54, 1.807) is 26.3 Å². The molecular weight excluding hydrogens is 767 g/mol. The molecule has 0 aliphatic carbocycles. The van der Waals surface area contributed by atoms with Gasteiger partial charge in [0.2, 0.25) is 0 Å². The lowest BCUT2D eigenvalue weighted by atomic mass is 9.76. The zero-order chi connectivity index (χ0) is 40.0. The van der Waals surface area contributed by atoms with Crippen molar-refractivity contribution in [1.82, 2.24) is 24.9 Å². The Morgan fingerprint density at radius 2 is 1.61 bits per heavy atom. The van der Waals surface area contributed by atoms with Gasteiger partial charge in [-0.25, -0.2) is 4.79 Å². The Morgan fingerprint density at radius 1 is 0.842 bits per heavy atom. The number of halogens is 2. The fourth-order valence-electron chi connectivity index (χ4n) is 8.62. The number of hydrogen-bond donors (Lipinski definition) is 1. The minimum absolute atomic E-state index is 0.0830. The molecule has 2 atom stereocenters. The molecule has 4 aliphatic heterocycles. The summed E-state index contributed by atoms with van der Waals surface area (Å²) < 4.78 is 10.8. The van der Waals surface area contributed by atoms with Crippen LogP contribution in [-0.4, -0.2) is 123 Å². The summed E-state index contributed by atoms with van der Waals surface area (Å²) in [6.45, 7) is 8.15. The Kier molecular flexibility index (Phi) is 12.8. The van der Waals surface area contributed by atoms with Gasteiger partial charge in [-0.1, -0.05) is 65.7 Å². The zero-order valence-corrected chi connectivity index (χ0v) is 34.1. The number of likely N-dealkylation sites (tertiary alicyclic amines) is 2. The maximum absolute atomic E-state index is 14.3. The normalized spacial score (nSPS) is 22.1. The fourth-order valence-corrected chi connectivity index (χ4v) is 8.92. The molecule has 0 radical (unpaired) electrons. The fraction of sp³-hybridized carbons (Fsp3) is 0.476. The number of hydrogen-bond acceptors (Lipinski definition) is 10. The molecule has 0 spiro atoms. The summed E-state index contributed by atoms with van der Waals surface area (Å²) in [6.07, 6.45) is 4.70. The van der Waals surface area contributed by atoms with E-state index in [0.29, 0.717) is 67.2 Å². The predicted octanol–water partition coefficient (Wildman–Crippen LogP) is 6.55. The number of benzene rings is 3. The van der Waals surface area contributed by atoms with Crippen molar-refractivity contribution in [1.29, 1.82) is 0 Å². The molecule has 13 nitrogen and oxygen atoms in total. The number of nitrogens with zero attached hydrogens (tertiary/aromatic N) is 7. The number of piperidine rings is 1. The van der Waals surface area contributed by atoms with Crippen molar-refractivity contribution in [3.63, 3.8) is 0 Å². The molecule has 0 aromatic heterocycles. The Balaban J connectivity index is 1.04. The molecule has 3 aromatic carbocycles. The van der Waals surface area contributed by atoms with E-state index in [2.05, 4.69) is 37.8 Å². The summed E-state index contributed by atoms with van der Waals surface area (Å²) in [5.74, 6) is 0.156. The number of amides is 3. The van der Waals surface area contributed by atoms with Crippen LogP contribution < -0.4 is 10.1 Å². The maximum Gasteiger partial charge on any atom is 0.320 e. The van der Waals surface area contributed by atoms with Crippen LogP contribution in [0.2, 0.25) is 10.0 Å². The number of nitrogens with one attached hydrogen (secondary N) is 1. The van der Waals surface area contributed by atoms with E-state index in [-0.39, 0.29) is 35.9 Å². The van der Waals surface area contributed by atoms with Crippen LogP contribution in [0.1, 0.15) is 65.7 Å². The second-order valence-corrected chi connectivity index (χ2v) is 16.1. The molecule has 15 heteroatoms. The molecule has 7 rings (SSSR count). The smallest absolute Gasteiger partial charge is 0.320 e. The van der Waals surface area contributed by atoms with Crippen LogP contribution in [0.15, 0.2) is 82.2 Å². The Hall–Kier alpha value is -4.56. The highest BCUT2D eigenvalue weighted by atomic mass is 35.5. The second-order valence-electron chi connectivity index (χ2n) is 15.3. The van der Waals surface area contributed by atoms with Crippen molar-refractivity contribution in [2.75, 3.05) is 79.2 Å². The number of carbonyl (C=O) groups is 3. The highest BCUT2D eigenvalue weighted by Crippen LogP contribution is 2.42. The summed E-state index contributed by atoms with van der Waals surface area (Å²) in [7, 11) is 1.57. The zero-order valence-electron chi connectivity index (χ0n) is 32.5. The number of urea groups is 1. The van der Waals surface area contributed by atoms with Crippen molar-refractivity contribution in [3.8, 4) is 5.75 Å². The third kappa shape index (κ3) is 9.12. The minimum atomic E-state index is -0.520. The predicted molar refractivity (Wildman–Crippen MR) is 219 cm³/mol. The number of rotatable bonds is 12. The van der Waals surface area contributed by atoms with E-state index in [0.717, 1.165) is 62.0 Å². The van der Waals surface area contributed by atoms with Gasteiger partial charge in [0.15, 0.2) is 0 Å². The van der Waals surface area contributed by atoms with Crippen LogP contribution in [0.3, 0.4) is 0 Å². The van der Waals surface area contributed by atoms with Crippen molar-refractivity contribution in [3.05, 3.63) is 99.0 Å². The minimum Gasteiger partial charge on any atom is -0.496 e. The highest BCUT2D eigenvalue weighted by molar-refractivity contribution is 6.42. The lowest BCUT2D eigenvalue weighted by molar-refractivity contribution is -0.144. The topological polar surface area (TPSA) is 132 Å². The molecule has 0 saturated carbocycles. The molecule has 2 unspecified atom stereocenters. The number of methoxy groups -OCH3 is 1. The summed E-state index contributed by atoms with van der Waals surface area (Å²) in [5, 5.41) is 16.2. The number of esters is 1. The average Bonchev–Trinajstić information content (AvgIpc) is 3.94. The standard InChI is InChI=1S/C42H50Cl2N8O5/c1-3-57-38(53)28-50-21-23-51(24-22-50)40(55)46-42(31-7-5-4-6-8-31)15-18-49(19-16-42)17-13-41(32-10-11-34(43)35(44)26-32)14-20-52(29-41)39(54)33-25-30(9-12-37(33)56-2)36-27-45-48-47-36/h4-12,25-27,36H,3,13-24,28-29H2,1-2H3,(H,46,55). The van der Waals surface area contributed by atoms with E-state index in [1.165, 1.54) is 0 Å². The molecule has 57 heavy (non-hydrogen) atoms. The van der Waals surface area contributed by atoms with Crippen LogP contribution in [-0.2, 0) is 20.5 Å². The van der Waals surface area contributed by atoms with Gasteiger partial charge in [0, 0.05) is 57.8 Å². The van der Waals surface area contributed by atoms with E-state index in [4.69, 9.17) is 32.7 Å². The molecule has 1 N–H and O–H groups in total. The van der Waals surface area contributed by atoms with Gasteiger partial charge in [0.1, 0.15) is 11.8 Å². The number of carbonyl (C=O) groups excluding carboxylic acids is 3. The van der Waals surface area contributed by atoms with Crippen molar-refractivity contribution in [2.45, 2.75) is 49.6 Å². The largest absolute Gasteiger partial charge is 0.496 e. The molecule has 0 bridgehead atoms. The van der Waals surface area contributed by atoms with Crippen LogP contribution in [0.25, 0.3) is 0 Å². The van der Waals surface area contributed by atoms with Crippen LogP contribution in [0.4, 0.5) is 4.79 Å². The van der Waals surface area contributed by atoms with E-state index >= 15 is 0 Å². The van der Waals surface area contributed by atoms with Crippen molar-refractivity contribution >= 4 is 47.3 Å². The molecule has 3 aromatic rings. The van der Waals surface area contributed by atoms with E-state index < -0.39 is 5.54 Å². The van der Waals surface area contributed by atoms with Gasteiger partial charge >= 0.3 is 12.0 Å². The van der Waals surface area contributed by atoms with Crippen molar-refractivity contribution < 1.29 is 23.9 Å². The van der Waals surface area contributed by atoms with Gasteiger partial charge < -0.3 is 29.5 Å². The first-order valence-corrected chi connectivity index (χ1v) is 20.5. The summed E-state index contributed by atoms with van der Waals surface area (Å²) in [4.78, 5) is 48.4. The third-order valence-corrected chi connectivity index (χ3v) is 12.7. The van der Waals surface area contributed by atoms with Crippen LogP contribution >= 0.6 is 23.2 Å². The van der Waals surface area contributed by atoms with E-state index in [1.807, 2.05) is 63.2 Å². The summed E-state index contributed by atoms with van der Waals surface area (Å²) >= 11 is 13.0. The molecule has 302 valence electrons. The summed E-state index contributed by atoms with van der Waals surface area (Å²) in [6, 6.07) is 21.2. The van der Waals surface area contributed by atoms with E-state index in [9.17, 15) is 14.4 Å². The highest BCUT2D eigenvalue weighted by Gasteiger charge is 2.44. The molecule has 3 fully saturated rings. The van der Waals surface area contributed by atoms with Gasteiger partial charge in [0.05, 0.1) is 47.6 Å². The first-order valence-electron chi connectivity index (χ1n) is 19.7. The van der Waals surface area contributed by atoms with Gasteiger partial charge in [-0.05, 0) is 85.3 Å². The average molecular weight is 818 g/mol. The summed E-state index contributed by atoms with van der Waals surface area (Å²) in [5.41, 5.74) is 2.57. The second kappa shape index (κ2) is 17.9. The Morgan fingerprint density at radius 3 is 2.30 bits per heavy atom. The monoisotopic (exact) mass is 816 g/mol. The van der Waals surface area contributed by atoms with Crippen LogP contribution in [0, 0.1) is 0 Å². The van der Waals surface area contributed by atoms with Gasteiger partial charge in [-0.3, -0.25) is 14.5 Å². The molecular formula is C42H50Cl2N8O5. The first kappa shape index (κ1) is 40.6. The lowest BCUT2D eigenvalue weighted by Gasteiger charge is -2.45.